The molecule has 1 amide bonds. The zero-order valence-corrected chi connectivity index (χ0v) is 13.2. The lowest BCUT2D eigenvalue weighted by Crippen LogP contribution is -2.21. The van der Waals surface area contributed by atoms with Crippen molar-refractivity contribution < 1.29 is 4.79 Å². The van der Waals surface area contributed by atoms with Crippen LogP contribution in [0, 0.1) is 0 Å². The predicted molar refractivity (Wildman–Crippen MR) is 83.2 cm³/mol. The number of carbonyl (C=O) groups excluding carboxylic acids is 1. The fraction of sp³-hybridized carbons (Fsp3) is 0.429. The lowest BCUT2D eigenvalue weighted by molar-refractivity contribution is -0.115. The summed E-state index contributed by atoms with van der Waals surface area (Å²) in [7, 11) is 0. The minimum absolute atomic E-state index is 0.0450. The number of hydrogen-bond acceptors (Lipinski definition) is 4. The third-order valence-corrected chi connectivity index (χ3v) is 4.48. The Bertz CT molecular complexity index is 652. The van der Waals surface area contributed by atoms with Crippen molar-refractivity contribution in [3.05, 3.63) is 24.3 Å². The van der Waals surface area contributed by atoms with Crippen molar-refractivity contribution in [2.75, 3.05) is 5.32 Å². The third kappa shape index (κ3) is 3.12. The highest BCUT2D eigenvalue weighted by atomic mass is 79.9. The maximum Gasteiger partial charge on any atom is 0.238 e. The van der Waals surface area contributed by atoms with Crippen molar-refractivity contribution in [3.8, 4) is 11.4 Å². The lowest BCUT2D eigenvalue weighted by Gasteiger charge is -2.10. The van der Waals surface area contributed by atoms with Gasteiger partial charge in [0.05, 0.1) is 10.9 Å². The van der Waals surface area contributed by atoms with E-state index < -0.39 is 0 Å². The molecule has 21 heavy (non-hydrogen) atoms. The number of tetrazole rings is 1. The van der Waals surface area contributed by atoms with E-state index >= 15 is 0 Å². The van der Waals surface area contributed by atoms with Gasteiger partial charge in [-0.2, -0.15) is 0 Å². The number of anilines is 1. The molecule has 1 N–H and O–H groups in total. The zero-order chi connectivity index (χ0) is 14.8. The molecular formula is C14H16BrN5O. The number of benzene rings is 1. The normalized spacial score (nSPS) is 15.7. The molecular weight excluding hydrogens is 334 g/mol. The van der Waals surface area contributed by atoms with Gasteiger partial charge in [0.25, 0.3) is 0 Å². The first kappa shape index (κ1) is 14.2. The van der Waals surface area contributed by atoms with Gasteiger partial charge >= 0.3 is 0 Å². The van der Waals surface area contributed by atoms with Gasteiger partial charge in [-0.1, -0.05) is 35.0 Å². The number of nitrogens with one attached hydrogen (secondary N) is 1. The number of hydrogen-bond donors (Lipinski definition) is 1. The van der Waals surface area contributed by atoms with E-state index in [1.54, 1.807) is 0 Å². The summed E-state index contributed by atoms with van der Waals surface area (Å²) >= 11 is 3.35. The molecule has 0 aliphatic heterocycles. The van der Waals surface area contributed by atoms with E-state index in [9.17, 15) is 4.79 Å². The molecule has 0 radical (unpaired) electrons. The van der Waals surface area contributed by atoms with E-state index in [0.717, 1.165) is 36.3 Å². The van der Waals surface area contributed by atoms with Crippen LogP contribution in [0.2, 0.25) is 0 Å². The first-order chi connectivity index (χ1) is 10.2. The molecule has 1 aliphatic carbocycles. The van der Waals surface area contributed by atoms with Gasteiger partial charge in [-0.25, -0.2) is 4.68 Å². The van der Waals surface area contributed by atoms with E-state index in [0.29, 0.717) is 6.04 Å². The van der Waals surface area contributed by atoms with Crippen LogP contribution < -0.4 is 5.32 Å². The summed E-state index contributed by atoms with van der Waals surface area (Å²) in [5, 5.41) is 14.8. The number of halogens is 1. The van der Waals surface area contributed by atoms with Gasteiger partial charge < -0.3 is 5.32 Å². The molecule has 3 rings (SSSR count). The molecule has 1 atom stereocenters. The van der Waals surface area contributed by atoms with Crippen molar-refractivity contribution in [3.63, 3.8) is 0 Å². The molecule has 110 valence electrons. The maximum absolute atomic E-state index is 11.9. The highest BCUT2D eigenvalue weighted by Crippen LogP contribution is 2.36. The summed E-state index contributed by atoms with van der Waals surface area (Å²) in [6.45, 7) is 1.96. The second-order valence-electron chi connectivity index (χ2n) is 5.12. The van der Waals surface area contributed by atoms with Gasteiger partial charge in [0, 0.05) is 11.3 Å². The third-order valence-electron chi connectivity index (χ3n) is 3.42. The Morgan fingerprint density at radius 3 is 3.05 bits per heavy atom. The van der Waals surface area contributed by atoms with E-state index in [-0.39, 0.29) is 10.7 Å². The van der Waals surface area contributed by atoms with Crippen LogP contribution in [0.1, 0.15) is 32.2 Å². The Hall–Kier alpha value is -1.76. The van der Waals surface area contributed by atoms with Gasteiger partial charge in [0.15, 0.2) is 5.82 Å². The summed E-state index contributed by atoms with van der Waals surface area (Å²) in [4.78, 5) is 11.7. The lowest BCUT2D eigenvalue weighted by atomic mass is 10.2. The second kappa shape index (κ2) is 5.93. The summed E-state index contributed by atoms with van der Waals surface area (Å²) < 4.78 is 1.86. The molecule has 2 aromatic rings. The van der Waals surface area contributed by atoms with Crippen LogP contribution in [-0.2, 0) is 4.79 Å². The zero-order valence-electron chi connectivity index (χ0n) is 11.7. The van der Waals surface area contributed by atoms with Crippen LogP contribution in [-0.4, -0.2) is 30.9 Å². The van der Waals surface area contributed by atoms with Crippen LogP contribution in [0.25, 0.3) is 11.4 Å². The van der Waals surface area contributed by atoms with Crippen molar-refractivity contribution in [2.24, 2.45) is 0 Å². The fourth-order valence-electron chi connectivity index (χ4n) is 2.09. The molecule has 1 aromatic heterocycles. The molecule has 0 spiro atoms. The van der Waals surface area contributed by atoms with Gasteiger partial charge in [-0.15, -0.1) is 5.10 Å². The summed E-state index contributed by atoms with van der Waals surface area (Å²) in [6, 6.07) is 8.03. The largest absolute Gasteiger partial charge is 0.325 e. The van der Waals surface area contributed by atoms with Crippen molar-refractivity contribution in [2.45, 2.75) is 37.1 Å². The highest BCUT2D eigenvalue weighted by Gasteiger charge is 2.28. The molecule has 7 heteroatoms. The molecule has 1 saturated carbocycles. The molecule has 1 aliphatic rings. The summed E-state index contributed by atoms with van der Waals surface area (Å²) in [5.74, 6) is 0.705. The number of rotatable bonds is 5. The Morgan fingerprint density at radius 2 is 2.33 bits per heavy atom. The van der Waals surface area contributed by atoms with E-state index in [2.05, 4.69) is 36.8 Å². The fourth-order valence-corrected chi connectivity index (χ4v) is 2.21. The van der Waals surface area contributed by atoms with Crippen LogP contribution in [0.3, 0.4) is 0 Å². The Kier molecular flexibility index (Phi) is 4.01. The molecule has 1 fully saturated rings. The number of carbonyl (C=O) groups is 1. The monoisotopic (exact) mass is 349 g/mol. The standard InChI is InChI=1S/C14H16BrN5O/c1-2-12(15)14(21)16-10-5-3-4-9(8-10)13-17-18-19-20(13)11-6-7-11/h3-5,8,11-12H,2,6-7H2,1H3,(H,16,21). The molecule has 1 aromatic carbocycles. The minimum atomic E-state index is -0.182. The number of amides is 1. The van der Waals surface area contributed by atoms with Crippen LogP contribution in [0.15, 0.2) is 24.3 Å². The van der Waals surface area contributed by atoms with Gasteiger partial charge in [-0.3, -0.25) is 4.79 Å². The van der Waals surface area contributed by atoms with Crippen molar-refractivity contribution in [1.82, 2.24) is 20.2 Å². The van der Waals surface area contributed by atoms with Crippen LogP contribution >= 0.6 is 15.9 Å². The van der Waals surface area contributed by atoms with Crippen molar-refractivity contribution in [1.29, 1.82) is 0 Å². The molecule has 6 nitrogen and oxygen atoms in total. The topological polar surface area (TPSA) is 72.7 Å². The first-order valence-electron chi connectivity index (χ1n) is 7.02. The molecule has 0 bridgehead atoms. The summed E-state index contributed by atoms with van der Waals surface area (Å²) in [6.07, 6.45) is 2.98. The number of aromatic nitrogens is 4. The van der Waals surface area contributed by atoms with Crippen LogP contribution in [0.5, 0.6) is 0 Å². The Morgan fingerprint density at radius 1 is 1.52 bits per heavy atom. The smallest absolute Gasteiger partial charge is 0.238 e. The Balaban J connectivity index is 1.83. The van der Waals surface area contributed by atoms with Crippen molar-refractivity contribution >= 4 is 27.5 Å². The van der Waals surface area contributed by atoms with Gasteiger partial charge in [0.1, 0.15) is 0 Å². The first-order valence-corrected chi connectivity index (χ1v) is 7.94. The molecule has 0 saturated heterocycles. The quantitative estimate of drug-likeness (QED) is 0.842. The number of nitrogens with zero attached hydrogens (tertiary/aromatic N) is 4. The SMILES string of the molecule is CCC(Br)C(=O)Nc1cccc(-c2nnnn2C2CC2)c1. The van der Waals surface area contributed by atoms with E-state index in [1.165, 1.54) is 0 Å². The average molecular weight is 350 g/mol. The average Bonchev–Trinajstić information content (AvgIpc) is 3.23. The van der Waals surface area contributed by atoms with Gasteiger partial charge in [-0.05, 0) is 41.8 Å². The predicted octanol–water partition coefficient (Wildman–Crippen LogP) is 2.79. The Labute approximate surface area is 131 Å². The molecule has 1 heterocycles. The van der Waals surface area contributed by atoms with Crippen LogP contribution in [0.4, 0.5) is 5.69 Å². The highest BCUT2D eigenvalue weighted by molar-refractivity contribution is 9.10. The maximum atomic E-state index is 11.9. The second-order valence-corrected chi connectivity index (χ2v) is 6.23. The van der Waals surface area contributed by atoms with E-state index in [4.69, 9.17) is 0 Å². The molecule has 1 unspecified atom stereocenters. The minimum Gasteiger partial charge on any atom is -0.325 e. The van der Waals surface area contributed by atoms with Gasteiger partial charge in [0.2, 0.25) is 5.91 Å². The summed E-state index contributed by atoms with van der Waals surface area (Å²) in [5.41, 5.74) is 1.66. The van der Waals surface area contributed by atoms with E-state index in [1.807, 2.05) is 35.9 Å². The number of alkyl halides is 1.